The number of benzene rings is 6. The summed E-state index contributed by atoms with van der Waals surface area (Å²) in [5, 5.41) is 4.34. The average molecular weight is 560 g/mol. The maximum atomic E-state index is 6.23. The Morgan fingerprint density at radius 2 is 0.925 bits per heavy atom. The SMILES string of the molecule is CCOc1c2ccccc2c(OCC)c2cc(Sc3ccc([S+](c4ccccc4)c4ccccc4)cc3)ccc12. The highest BCUT2D eigenvalue weighted by Gasteiger charge is 2.28. The largest absolute Gasteiger partial charge is 0.493 e. The summed E-state index contributed by atoms with van der Waals surface area (Å²) in [6.07, 6.45) is 0. The molecule has 198 valence electrons. The van der Waals surface area contributed by atoms with Crippen LogP contribution in [0.1, 0.15) is 13.8 Å². The van der Waals surface area contributed by atoms with Crippen molar-refractivity contribution >= 4 is 44.2 Å². The molecule has 6 aromatic rings. The van der Waals surface area contributed by atoms with Gasteiger partial charge in [-0.05, 0) is 80.6 Å². The summed E-state index contributed by atoms with van der Waals surface area (Å²) in [5.74, 6) is 1.84. The van der Waals surface area contributed by atoms with E-state index in [2.05, 4.69) is 127 Å². The van der Waals surface area contributed by atoms with Crippen molar-refractivity contribution in [1.82, 2.24) is 0 Å². The molecule has 0 spiro atoms. The first-order valence-electron chi connectivity index (χ1n) is 13.6. The number of rotatable bonds is 9. The highest BCUT2D eigenvalue weighted by molar-refractivity contribution is 7.99. The predicted molar refractivity (Wildman–Crippen MR) is 169 cm³/mol. The Labute approximate surface area is 243 Å². The van der Waals surface area contributed by atoms with Crippen LogP contribution in [0.25, 0.3) is 21.5 Å². The molecule has 2 nitrogen and oxygen atoms in total. The normalized spacial score (nSPS) is 11.3. The lowest BCUT2D eigenvalue weighted by Gasteiger charge is -2.17. The van der Waals surface area contributed by atoms with E-state index in [0.29, 0.717) is 13.2 Å². The van der Waals surface area contributed by atoms with Crippen molar-refractivity contribution in [3.05, 3.63) is 127 Å². The summed E-state index contributed by atoms with van der Waals surface area (Å²) in [7, 11) is -0.151. The molecule has 6 rings (SSSR count). The third kappa shape index (κ3) is 5.30. The first-order valence-corrected chi connectivity index (χ1v) is 15.7. The minimum atomic E-state index is -0.151. The smallest absolute Gasteiger partial charge is 0.166 e. The molecule has 0 unspecified atom stereocenters. The molecule has 0 amide bonds. The van der Waals surface area contributed by atoms with E-state index in [4.69, 9.17) is 9.47 Å². The molecule has 6 aromatic carbocycles. The van der Waals surface area contributed by atoms with Gasteiger partial charge in [0.1, 0.15) is 11.5 Å². The van der Waals surface area contributed by atoms with Crippen molar-refractivity contribution in [2.24, 2.45) is 0 Å². The fraction of sp³-hybridized carbons (Fsp3) is 0.111. The molecular formula is C36H31O2S2+. The Hall–Kier alpha value is -3.86. The van der Waals surface area contributed by atoms with Gasteiger partial charge in [0.2, 0.25) is 0 Å². The van der Waals surface area contributed by atoms with Crippen molar-refractivity contribution in [2.45, 2.75) is 38.3 Å². The van der Waals surface area contributed by atoms with Crippen molar-refractivity contribution in [3.63, 3.8) is 0 Å². The van der Waals surface area contributed by atoms with Gasteiger partial charge in [0.15, 0.2) is 14.7 Å². The van der Waals surface area contributed by atoms with E-state index in [9.17, 15) is 0 Å². The molecular weight excluding hydrogens is 529 g/mol. The van der Waals surface area contributed by atoms with Crippen LogP contribution in [0.2, 0.25) is 0 Å². The quantitative estimate of drug-likeness (QED) is 0.130. The maximum absolute atomic E-state index is 6.23. The van der Waals surface area contributed by atoms with Crippen molar-refractivity contribution in [3.8, 4) is 11.5 Å². The molecule has 40 heavy (non-hydrogen) atoms. The summed E-state index contributed by atoms with van der Waals surface area (Å²) >= 11 is 1.77. The Bertz CT molecular complexity index is 1690. The summed E-state index contributed by atoms with van der Waals surface area (Å²) in [5.41, 5.74) is 0. The Morgan fingerprint density at radius 3 is 1.48 bits per heavy atom. The summed E-state index contributed by atoms with van der Waals surface area (Å²) < 4.78 is 12.4. The zero-order valence-electron chi connectivity index (χ0n) is 22.7. The summed E-state index contributed by atoms with van der Waals surface area (Å²) in [4.78, 5) is 6.33. The van der Waals surface area contributed by atoms with E-state index in [1.807, 2.05) is 13.8 Å². The minimum Gasteiger partial charge on any atom is -0.493 e. The Morgan fingerprint density at radius 1 is 0.475 bits per heavy atom. The highest BCUT2D eigenvalue weighted by Crippen LogP contribution is 2.44. The third-order valence-corrected chi connectivity index (χ3v) is 9.96. The average Bonchev–Trinajstić information content (AvgIpc) is 3.01. The van der Waals surface area contributed by atoms with Crippen LogP contribution in [0.3, 0.4) is 0 Å². The molecule has 0 aromatic heterocycles. The third-order valence-electron chi connectivity index (χ3n) is 6.73. The van der Waals surface area contributed by atoms with Gasteiger partial charge in [-0.15, -0.1) is 0 Å². The second-order valence-corrected chi connectivity index (χ2v) is 12.5. The van der Waals surface area contributed by atoms with Crippen LogP contribution < -0.4 is 9.47 Å². The lowest BCUT2D eigenvalue weighted by Crippen LogP contribution is -2.04. The zero-order valence-corrected chi connectivity index (χ0v) is 24.3. The van der Waals surface area contributed by atoms with Crippen molar-refractivity contribution < 1.29 is 9.47 Å². The summed E-state index contributed by atoms with van der Waals surface area (Å²) in [6, 6.07) is 45.6. The van der Waals surface area contributed by atoms with Crippen LogP contribution in [-0.4, -0.2) is 13.2 Å². The van der Waals surface area contributed by atoms with E-state index >= 15 is 0 Å². The maximum Gasteiger partial charge on any atom is 0.166 e. The molecule has 0 heterocycles. The van der Waals surface area contributed by atoms with Crippen LogP contribution in [0, 0.1) is 0 Å². The van der Waals surface area contributed by atoms with Crippen LogP contribution in [0.15, 0.2) is 152 Å². The number of ether oxygens (including phenoxy) is 2. The van der Waals surface area contributed by atoms with E-state index in [0.717, 1.165) is 33.0 Å². The van der Waals surface area contributed by atoms with Crippen LogP contribution >= 0.6 is 11.8 Å². The molecule has 0 fully saturated rings. The molecule has 0 saturated heterocycles. The van der Waals surface area contributed by atoms with Crippen LogP contribution in [-0.2, 0) is 10.9 Å². The van der Waals surface area contributed by atoms with E-state index in [1.54, 1.807) is 11.8 Å². The van der Waals surface area contributed by atoms with Gasteiger partial charge in [-0.3, -0.25) is 0 Å². The van der Waals surface area contributed by atoms with Crippen molar-refractivity contribution in [2.75, 3.05) is 13.2 Å². The lowest BCUT2D eigenvalue weighted by molar-refractivity contribution is 0.342. The minimum absolute atomic E-state index is 0.151. The molecule has 0 N–H and O–H groups in total. The fourth-order valence-electron chi connectivity index (χ4n) is 5.04. The summed E-state index contributed by atoms with van der Waals surface area (Å²) in [6.45, 7) is 5.29. The van der Waals surface area contributed by atoms with Gasteiger partial charge in [-0.1, -0.05) is 72.4 Å². The molecule has 0 aliphatic heterocycles. The lowest BCUT2D eigenvalue weighted by atomic mass is 10.0. The highest BCUT2D eigenvalue weighted by atomic mass is 32.2. The van der Waals surface area contributed by atoms with Crippen molar-refractivity contribution in [1.29, 1.82) is 0 Å². The van der Waals surface area contributed by atoms with Gasteiger partial charge in [0, 0.05) is 31.3 Å². The predicted octanol–water partition coefficient (Wildman–Crippen LogP) is 10.0. The molecule has 0 radical (unpaired) electrons. The second kappa shape index (κ2) is 12.1. The molecule has 4 heteroatoms. The Balaban J connectivity index is 1.36. The number of fused-ring (bicyclic) bond motifs is 2. The van der Waals surface area contributed by atoms with E-state index in [1.165, 1.54) is 24.5 Å². The second-order valence-electron chi connectivity index (χ2n) is 9.28. The molecule has 0 aliphatic carbocycles. The van der Waals surface area contributed by atoms with Crippen LogP contribution in [0.4, 0.5) is 0 Å². The molecule has 0 aliphatic rings. The standard InChI is InChI=1S/C36H31O2S2/c1-3-37-35-31-17-11-12-18-32(31)36(38-4-2)34-25-27(21-24-33(34)35)39-26-19-22-30(23-20-26)40(28-13-7-5-8-14-28)29-15-9-6-10-16-29/h5-25H,3-4H2,1-2H3/q+1. The first kappa shape index (κ1) is 26.4. The van der Waals surface area contributed by atoms with Gasteiger partial charge >= 0.3 is 0 Å². The van der Waals surface area contributed by atoms with Gasteiger partial charge in [0.05, 0.1) is 24.1 Å². The zero-order chi connectivity index (χ0) is 27.3. The topological polar surface area (TPSA) is 18.5 Å². The van der Waals surface area contributed by atoms with Crippen LogP contribution in [0.5, 0.6) is 11.5 Å². The number of hydrogen-bond acceptors (Lipinski definition) is 3. The van der Waals surface area contributed by atoms with E-state index < -0.39 is 0 Å². The number of hydrogen-bond donors (Lipinski definition) is 0. The van der Waals surface area contributed by atoms with Gasteiger partial charge in [-0.25, -0.2) is 0 Å². The van der Waals surface area contributed by atoms with Gasteiger partial charge < -0.3 is 9.47 Å². The molecule has 0 atom stereocenters. The Kier molecular flexibility index (Phi) is 7.99. The molecule has 0 saturated carbocycles. The fourth-order valence-corrected chi connectivity index (χ4v) is 7.98. The monoisotopic (exact) mass is 559 g/mol. The van der Waals surface area contributed by atoms with Gasteiger partial charge in [-0.2, -0.15) is 0 Å². The molecule has 0 bridgehead atoms. The van der Waals surface area contributed by atoms with E-state index in [-0.39, 0.29) is 10.9 Å². The van der Waals surface area contributed by atoms with Gasteiger partial charge in [0.25, 0.3) is 0 Å². The first-order chi connectivity index (χ1) is 19.8.